The zero-order valence-electron chi connectivity index (χ0n) is 15.0. The van der Waals surface area contributed by atoms with Crippen molar-refractivity contribution in [3.63, 3.8) is 0 Å². The maximum Gasteiger partial charge on any atom is 0.274 e. The van der Waals surface area contributed by atoms with E-state index in [-0.39, 0.29) is 10.6 Å². The van der Waals surface area contributed by atoms with Gasteiger partial charge in [0.05, 0.1) is 6.20 Å². The van der Waals surface area contributed by atoms with Gasteiger partial charge in [0.25, 0.3) is 13.9 Å². The van der Waals surface area contributed by atoms with Gasteiger partial charge >= 0.3 is 0 Å². The minimum Gasteiger partial charge on any atom is -0.542 e. The molecule has 0 fully saturated rings. The lowest BCUT2D eigenvalue weighted by Crippen LogP contribution is -2.43. The standard InChI is InChI=1S/C17H24BrN3O2Si/c1-17(2,3)24(5,6)23-13-7-8-15(19-10-13)20-14-9-12(18)11-21(4)16(14)22/h7-11H,1-6H3,(H,19,20). The molecule has 0 saturated heterocycles. The normalized spacial score (nSPS) is 12.1. The van der Waals surface area contributed by atoms with E-state index in [1.54, 1.807) is 25.5 Å². The van der Waals surface area contributed by atoms with Crippen LogP contribution in [0.1, 0.15) is 20.8 Å². The van der Waals surface area contributed by atoms with Crippen LogP contribution in [-0.2, 0) is 7.05 Å². The van der Waals surface area contributed by atoms with Crippen molar-refractivity contribution in [3.8, 4) is 5.75 Å². The summed E-state index contributed by atoms with van der Waals surface area (Å²) in [5, 5.41) is 3.19. The molecule has 7 heteroatoms. The fraction of sp³-hybridized carbons (Fsp3) is 0.412. The second-order valence-corrected chi connectivity index (χ2v) is 13.0. The Labute approximate surface area is 152 Å². The molecule has 0 atom stereocenters. The lowest BCUT2D eigenvalue weighted by Gasteiger charge is -2.36. The fourth-order valence-corrected chi connectivity index (χ4v) is 3.41. The highest BCUT2D eigenvalue weighted by Crippen LogP contribution is 2.37. The van der Waals surface area contributed by atoms with Gasteiger partial charge in [-0.15, -0.1) is 0 Å². The topological polar surface area (TPSA) is 56.1 Å². The number of hydrogen-bond acceptors (Lipinski definition) is 4. The monoisotopic (exact) mass is 409 g/mol. The number of rotatable bonds is 4. The number of hydrogen-bond donors (Lipinski definition) is 1. The van der Waals surface area contributed by atoms with Crippen LogP contribution in [0.2, 0.25) is 18.1 Å². The van der Waals surface area contributed by atoms with Crippen LogP contribution in [0.3, 0.4) is 0 Å². The van der Waals surface area contributed by atoms with Crippen LogP contribution in [0.25, 0.3) is 0 Å². The Morgan fingerprint density at radius 1 is 1.29 bits per heavy atom. The number of anilines is 2. The first-order valence-corrected chi connectivity index (χ1v) is 11.5. The first-order valence-electron chi connectivity index (χ1n) is 7.78. The molecule has 0 aliphatic heterocycles. The third kappa shape index (κ3) is 4.27. The predicted molar refractivity (Wildman–Crippen MR) is 105 cm³/mol. The van der Waals surface area contributed by atoms with E-state index in [1.165, 1.54) is 4.57 Å². The van der Waals surface area contributed by atoms with Crippen molar-refractivity contribution in [1.82, 2.24) is 9.55 Å². The second kappa shape index (κ2) is 6.72. The molecule has 130 valence electrons. The molecule has 1 N–H and O–H groups in total. The van der Waals surface area contributed by atoms with E-state index in [1.807, 2.05) is 12.1 Å². The van der Waals surface area contributed by atoms with Gasteiger partial charge in [0.15, 0.2) is 0 Å². The highest BCUT2D eigenvalue weighted by atomic mass is 79.9. The molecular weight excluding hydrogens is 386 g/mol. The molecule has 2 rings (SSSR count). The van der Waals surface area contributed by atoms with Gasteiger partial charge in [0.2, 0.25) is 0 Å². The van der Waals surface area contributed by atoms with Crippen LogP contribution < -0.4 is 15.3 Å². The SMILES string of the molecule is Cn1cc(Br)cc(Nc2ccc(O[Si](C)(C)C(C)(C)C)cn2)c1=O. The third-order valence-corrected chi connectivity index (χ3v) is 9.12. The van der Waals surface area contributed by atoms with Crippen LogP contribution in [0.4, 0.5) is 11.5 Å². The highest BCUT2D eigenvalue weighted by molar-refractivity contribution is 9.10. The zero-order valence-corrected chi connectivity index (χ0v) is 17.6. The molecule has 0 aromatic carbocycles. The largest absolute Gasteiger partial charge is 0.542 e. The highest BCUT2D eigenvalue weighted by Gasteiger charge is 2.38. The summed E-state index contributed by atoms with van der Waals surface area (Å²) in [5.74, 6) is 1.36. The Morgan fingerprint density at radius 3 is 2.50 bits per heavy atom. The third-order valence-electron chi connectivity index (χ3n) is 4.33. The number of nitrogens with zero attached hydrogens (tertiary/aromatic N) is 2. The van der Waals surface area contributed by atoms with Gasteiger partial charge in [-0.1, -0.05) is 20.8 Å². The smallest absolute Gasteiger partial charge is 0.274 e. The minimum atomic E-state index is -1.88. The van der Waals surface area contributed by atoms with Gasteiger partial charge in [0.1, 0.15) is 17.3 Å². The summed E-state index contributed by atoms with van der Waals surface area (Å²) in [6, 6.07) is 5.45. The molecule has 24 heavy (non-hydrogen) atoms. The molecule has 0 radical (unpaired) electrons. The molecular formula is C17H24BrN3O2Si. The van der Waals surface area contributed by atoms with Crippen molar-refractivity contribution in [2.45, 2.75) is 38.9 Å². The van der Waals surface area contributed by atoms with Crippen LogP contribution >= 0.6 is 15.9 Å². The van der Waals surface area contributed by atoms with E-state index in [4.69, 9.17) is 4.43 Å². The number of aryl methyl sites for hydroxylation is 1. The molecule has 0 aliphatic carbocycles. The Morgan fingerprint density at radius 2 is 1.96 bits per heavy atom. The van der Waals surface area contributed by atoms with E-state index in [9.17, 15) is 4.79 Å². The first-order chi connectivity index (χ1) is 11.0. The lowest BCUT2D eigenvalue weighted by molar-refractivity contribution is 0.490. The molecule has 2 aromatic rings. The molecule has 0 unspecified atom stereocenters. The van der Waals surface area contributed by atoms with Gasteiger partial charge in [-0.25, -0.2) is 4.98 Å². The van der Waals surface area contributed by atoms with Crippen molar-refractivity contribution < 1.29 is 4.43 Å². The Kier molecular flexibility index (Phi) is 5.24. The minimum absolute atomic E-state index is 0.110. The van der Waals surface area contributed by atoms with Crippen molar-refractivity contribution >= 4 is 35.8 Å². The van der Waals surface area contributed by atoms with E-state index in [0.717, 1.165) is 10.2 Å². The van der Waals surface area contributed by atoms with E-state index in [2.05, 4.69) is 60.1 Å². The molecule has 0 bridgehead atoms. The number of pyridine rings is 2. The summed E-state index contributed by atoms with van der Waals surface area (Å²) < 4.78 is 8.55. The van der Waals surface area contributed by atoms with Crippen LogP contribution in [0.5, 0.6) is 5.75 Å². The Hall–Kier alpha value is -1.60. The number of aromatic nitrogens is 2. The summed E-state index contributed by atoms with van der Waals surface area (Å²) in [7, 11) is -0.171. The summed E-state index contributed by atoms with van der Waals surface area (Å²) in [5.41, 5.74) is 0.360. The summed E-state index contributed by atoms with van der Waals surface area (Å²) >= 11 is 3.39. The molecule has 0 spiro atoms. The van der Waals surface area contributed by atoms with Crippen LogP contribution in [-0.4, -0.2) is 17.9 Å². The van der Waals surface area contributed by atoms with Crippen molar-refractivity contribution in [1.29, 1.82) is 0 Å². The molecule has 0 amide bonds. The fourth-order valence-electron chi connectivity index (χ4n) is 1.86. The summed E-state index contributed by atoms with van der Waals surface area (Å²) in [6.07, 6.45) is 3.42. The van der Waals surface area contributed by atoms with Crippen molar-refractivity contribution in [2.24, 2.45) is 7.05 Å². The van der Waals surface area contributed by atoms with Crippen molar-refractivity contribution in [3.05, 3.63) is 45.4 Å². The first kappa shape index (κ1) is 18.7. The van der Waals surface area contributed by atoms with Gasteiger partial charge in [-0.05, 0) is 52.3 Å². The van der Waals surface area contributed by atoms with E-state index < -0.39 is 8.32 Å². The van der Waals surface area contributed by atoms with Crippen LogP contribution in [0.15, 0.2) is 39.9 Å². The summed E-state index contributed by atoms with van der Waals surface area (Å²) in [6.45, 7) is 11.0. The van der Waals surface area contributed by atoms with E-state index >= 15 is 0 Å². The number of halogens is 1. The second-order valence-electron chi connectivity index (χ2n) is 7.35. The van der Waals surface area contributed by atoms with Gasteiger partial charge in [-0.2, -0.15) is 0 Å². The molecule has 5 nitrogen and oxygen atoms in total. The molecule has 2 aromatic heterocycles. The number of nitrogens with one attached hydrogen (secondary N) is 1. The Balaban J connectivity index is 2.18. The maximum atomic E-state index is 12.1. The Bertz CT molecular complexity index is 780. The lowest BCUT2D eigenvalue weighted by atomic mass is 10.2. The zero-order chi connectivity index (χ0) is 18.1. The van der Waals surface area contributed by atoms with E-state index in [0.29, 0.717) is 11.5 Å². The van der Waals surface area contributed by atoms with Gasteiger partial charge in [-0.3, -0.25) is 4.79 Å². The predicted octanol–water partition coefficient (Wildman–Crippen LogP) is 4.67. The molecule has 0 aliphatic rings. The molecule has 0 saturated carbocycles. The maximum absolute atomic E-state index is 12.1. The van der Waals surface area contributed by atoms with Gasteiger partial charge < -0.3 is 14.3 Å². The van der Waals surface area contributed by atoms with Crippen LogP contribution in [0, 0.1) is 0 Å². The average Bonchev–Trinajstić information content (AvgIpc) is 2.45. The van der Waals surface area contributed by atoms with Gasteiger partial charge in [0, 0.05) is 17.7 Å². The van der Waals surface area contributed by atoms with Crippen molar-refractivity contribution in [2.75, 3.05) is 5.32 Å². The molecule has 2 heterocycles. The summed E-state index contributed by atoms with van der Waals surface area (Å²) in [4.78, 5) is 16.5. The average molecular weight is 410 g/mol. The quantitative estimate of drug-likeness (QED) is 0.745.